The highest BCUT2D eigenvalue weighted by Crippen LogP contribution is 2.35. The molecule has 0 radical (unpaired) electrons. The van der Waals surface area contributed by atoms with Crippen LogP contribution in [0.3, 0.4) is 0 Å². The average Bonchev–Trinajstić information content (AvgIpc) is 3.35. The summed E-state index contributed by atoms with van der Waals surface area (Å²) in [6.45, 7) is 0. The molecule has 1 aromatic carbocycles. The Kier molecular flexibility index (Phi) is 4.56. The highest BCUT2D eigenvalue weighted by Gasteiger charge is 2.20. The van der Waals surface area contributed by atoms with Crippen LogP contribution in [-0.4, -0.2) is 25.3 Å². The van der Waals surface area contributed by atoms with E-state index < -0.39 is 0 Å². The molecule has 5 rings (SSSR count). The van der Waals surface area contributed by atoms with Crippen LogP contribution in [-0.2, 0) is 0 Å². The van der Waals surface area contributed by atoms with Crippen LogP contribution < -0.4 is 11.5 Å². The first kappa shape index (κ1) is 18.3. The van der Waals surface area contributed by atoms with E-state index in [-0.39, 0.29) is 0 Å². The number of allylic oxidation sites excluding steroid dienone is 1. The zero-order valence-corrected chi connectivity index (χ0v) is 17.1. The van der Waals surface area contributed by atoms with E-state index in [1.165, 1.54) is 16.8 Å². The molecule has 6 nitrogen and oxygen atoms in total. The number of hydrogen-bond acceptors (Lipinski definition) is 6. The lowest BCUT2D eigenvalue weighted by atomic mass is 10.2. The van der Waals surface area contributed by atoms with E-state index in [1.807, 2.05) is 30.0 Å². The number of nitrogens with zero attached hydrogens (tertiary/aromatic N) is 4. The topological polar surface area (TPSA) is 95.6 Å². The number of pyridine rings is 1. The highest BCUT2D eigenvalue weighted by molar-refractivity contribution is 7.99. The predicted molar refractivity (Wildman–Crippen MR) is 120 cm³/mol. The Morgan fingerprint density at radius 1 is 1.14 bits per heavy atom. The van der Waals surface area contributed by atoms with Gasteiger partial charge in [-0.1, -0.05) is 29.3 Å². The summed E-state index contributed by atoms with van der Waals surface area (Å²) in [5.41, 5.74) is 15.0. The molecule has 146 valence electrons. The Balaban J connectivity index is 1.33. The Morgan fingerprint density at radius 3 is 2.93 bits per heavy atom. The lowest BCUT2D eigenvalue weighted by Gasteiger charge is -2.10. The first-order valence-electron chi connectivity index (χ1n) is 9.33. The molecule has 0 bridgehead atoms. The number of rotatable bonds is 4. The average molecular weight is 423 g/mol. The van der Waals surface area contributed by atoms with Crippen molar-refractivity contribution in [3.8, 4) is 0 Å². The summed E-state index contributed by atoms with van der Waals surface area (Å²) in [5.74, 6) is 1.84. The lowest BCUT2D eigenvalue weighted by Crippen LogP contribution is -2.03. The van der Waals surface area contributed by atoms with Crippen molar-refractivity contribution >= 4 is 56.9 Å². The van der Waals surface area contributed by atoms with Crippen molar-refractivity contribution in [2.45, 2.75) is 23.8 Å². The largest absolute Gasteiger partial charge is 0.383 e. The van der Waals surface area contributed by atoms with Crippen LogP contribution in [0.5, 0.6) is 0 Å². The maximum absolute atomic E-state index is 6.06. The van der Waals surface area contributed by atoms with Gasteiger partial charge in [-0.15, -0.1) is 11.8 Å². The Morgan fingerprint density at radius 2 is 2.03 bits per heavy atom. The van der Waals surface area contributed by atoms with Gasteiger partial charge in [-0.25, -0.2) is 15.0 Å². The van der Waals surface area contributed by atoms with Crippen molar-refractivity contribution in [2.75, 3.05) is 17.2 Å². The zero-order chi connectivity index (χ0) is 20.0. The van der Waals surface area contributed by atoms with E-state index in [9.17, 15) is 0 Å². The molecule has 0 saturated heterocycles. The fourth-order valence-electron chi connectivity index (χ4n) is 3.77. The normalized spacial score (nSPS) is 16.6. The molecule has 1 atom stereocenters. The fourth-order valence-corrected chi connectivity index (χ4v) is 4.88. The summed E-state index contributed by atoms with van der Waals surface area (Å²) in [7, 11) is 0. The summed E-state index contributed by atoms with van der Waals surface area (Å²) in [5, 5.41) is 2.39. The molecule has 0 aliphatic heterocycles. The van der Waals surface area contributed by atoms with Gasteiger partial charge in [0, 0.05) is 22.2 Å². The summed E-state index contributed by atoms with van der Waals surface area (Å²) in [6, 6.07) is 10.4. The lowest BCUT2D eigenvalue weighted by molar-refractivity contribution is 0.605. The van der Waals surface area contributed by atoms with Crippen molar-refractivity contribution < 1.29 is 0 Å². The second-order valence-corrected chi connectivity index (χ2v) is 8.60. The SMILES string of the molecule is Nc1nc2cc(SCC3=CC(n4ccc5c(N)ncnc54)CC3)ccc2cc1Cl. The van der Waals surface area contributed by atoms with Crippen LogP contribution in [0.1, 0.15) is 18.9 Å². The van der Waals surface area contributed by atoms with Crippen molar-refractivity contribution in [1.82, 2.24) is 19.5 Å². The first-order chi connectivity index (χ1) is 14.1. The van der Waals surface area contributed by atoms with Crippen LogP contribution in [0.4, 0.5) is 11.6 Å². The minimum atomic E-state index is 0.303. The highest BCUT2D eigenvalue weighted by atomic mass is 35.5. The second-order valence-electron chi connectivity index (χ2n) is 7.15. The monoisotopic (exact) mass is 422 g/mol. The molecule has 0 amide bonds. The molecule has 0 spiro atoms. The summed E-state index contributed by atoms with van der Waals surface area (Å²) in [6.07, 6.45) is 8.07. The summed E-state index contributed by atoms with van der Waals surface area (Å²) in [4.78, 5) is 14.0. The predicted octanol–water partition coefficient (Wildman–Crippen LogP) is 4.85. The van der Waals surface area contributed by atoms with Crippen molar-refractivity contribution in [2.24, 2.45) is 0 Å². The van der Waals surface area contributed by atoms with E-state index in [0.29, 0.717) is 22.7 Å². The quantitative estimate of drug-likeness (QED) is 0.360. The minimum absolute atomic E-state index is 0.303. The minimum Gasteiger partial charge on any atom is -0.383 e. The molecule has 0 fully saturated rings. The fraction of sp³-hybridized carbons (Fsp3) is 0.190. The molecule has 4 aromatic rings. The third-order valence-corrected chi connectivity index (χ3v) is 6.69. The van der Waals surface area contributed by atoms with E-state index >= 15 is 0 Å². The Hall–Kier alpha value is -2.77. The standard InChI is InChI=1S/C21H19ClN6S/c22-17-8-13-2-4-15(9-18(13)27-20(17)24)29-10-12-1-3-14(7-12)28-6-5-16-19(23)25-11-26-21(16)28/h2,4-9,11,14H,1,3,10H2,(H2,24,27)(H2,23,25,26). The van der Waals surface area contributed by atoms with E-state index in [0.717, 1.165) is 40.5 Å². The molecular formula is C21H19ClN6S. The van der Waals surface area contributed by atoms with Crippen LogP contribution in [0.25, 0.3) is 21.9 Å². The van der Waals surface area contributed by atoms with Gasteiger partial charge in [-0.3, -0.25) is 0 Å². The number of nitrogen functional groups attached to an aromatic ring is 2. The molecule has 0 saturated carbocycles. The smallest absolute Gasteiger partial charge is 0.146 e. The molecular weight excluding hydrogens is 404 g/mol. The number of anilines is 2. The number of benzene rings is 1. The second kappa shape index (κ2) is 7.24. The third-order valence-electron chi connectivity index (χ3n) is 5.28. The number of hydrogen-bond donors (Lipinski definition) is 2. The maximum atomic E-state index is 6.06. The summed E-state index contributed by atoms with van der Waals surface area (Å²) >= 11 is 7.87. The molecule has 1 aliphatic carbocycles. The van der Waals surface area contributed by atoms with Crippen LogP contribution in [0.2, 0.25) is 5.02 Å². The van der Waals surface area contributed by atoms with Gasteiger partial charge >= 0.3 is 0 Å². The molecule has 1 unspecified atom stereocenters. The van der Waals surface area contributed by atoms with Crippen LogP contribution in [0.15, 0.2) is 59.4 Å². The zero-order valence-electron chi connectivity index (χ0n) is 15.5. The van der Waals surface area contributed by atoms with Gasteiger partial charge in [0.05, 0.1) is 22.0 Å². The summed E-state index contributed by atoms with van der Waals surface area (Å²) < 4.78 is 2.19. The van der Waals surface area contributed by atoms with Gasteiger partial charge in [0.2, 0.25) is 0 Å². The van der Waals surface area contributed by atoms with Gasteiger partial charge in [-0.2, -0.15) is 0 Å². The first-order valence-corrected chi connectivity index (χ1v) is 10.7. The molecule has 4 N–H and O–H groups in total. The van der Waals surface area contributed by atoms with Crippen molar-refractivity contribution in [1.29, 1.82) is 0 Å². The van der Waals surface area contributed by atoms with E-state index in [4.69, 9.17) is 23.1 Å². The van der Waals surface area contributed by atoms with Gasteiger partial charge in [0.1, 0.15) is 23.6 Å². The number of halogens is 1. The third kappa shape index (κ3) is 3.41. The van der Waals surface area contributed by atoms with Crippen LogP contribution >= 0.6 is 23.4 Å². The van der Waals surface area contributed by atoms with Gasteiger partial charge in [-0.05, 0) is 37.1 Å². The Labute approximate surface area is 177 Å². The molecule has 8 heteroatoms. The number of nitrogens with two attached hydrogens (primary N) is 2. The molecule has 1 aliphatic rings. The molecule has 3 aromatic heterocycles. The van der Waals surface area contributed by atoms with E-state index in [1.54, 1.807) is 0 Å². The number of aromatic nitrogens is 4. The molecule has 3 heterocycles. The van der Waals surface area contributed by atoms with Crippen molar-refractivity contribution in [3.05, 3.63) is 59.5 Å². The van der Waals surface area contributed by atoms with E-state index in [2.05, 4.69) is 43.9 Å². The molecule has 29 heavy (non-hydrogen) atoms. The van der Waals surface area contributed by atoms with Gasteiger partial charge < -0.3 is 16.0 Å². The van der Waals surface area contributed by atoms with Gasteiger partial charge in [0.25, 0.3) is 0 Å². The van der Waals surface area contributed by atoms with Gasteiger partial charge in [0.15, 0.2) is 0 Å². The number of thioether (sulfide) groups is 1. The van der Waals surface area contributed by atoms with Crippen LogP contribution in [0, 0.1) is 0 Å². The number of fused-ring (bicyclic) bond motifs is 2. The van der Waals surface area contributed by atoms with Crippen molar-refractivity contribution in [3.63, 3.8) is 0 Å². The maximum Gasteiger partial charge on any atom is 0.146 e. The Bertz CT molecular complexity index is 1260.